The summed E-state index contributed by atoms with van der Waals surface area (Å²) in [6.45, 7) is 0.763. The third kappa shape index (κ3) is 2.44. The van der Waals surface area contributed by atoms with Crippen LogP contribution in [0, 0.1) is 0 Å². The summed E-state index contributed by atoms with van der Waals surface area (Å²) in [5, 5.41) is 0. The van der Waals surface area contributed by atoms with Crippen LogP contribution in [-0.2, 0) is 6.42 Å². The SMILES string of the molecule is COc1ccc2c(c1)CCC[C@@H]2CN.Cl. The summed E-state index contributed by atoms with van der Waals surface area (Å²) >= 11 is 0. The molecule has 3 heteroatoms. The monoisotopic (exact) mass is 227 g/mol. The zero-order chi connectivity index (χ0) is 9.97. The molecule has 2 N–H and O–H groups in total. The van der Waals surface area contributed by atoms with Crippen molar-refractivity contribution < 1.29 is 4.74 Å². The average Bonchev–Trinajstić information content (AvgIpc) is 2.27. The highest BCUT2D eigenvalue weighted by molar-refractivity contribution is 5.85. The van der Waals surface area contributed by atoms with E-state index in [9.17, 15) is 0 Å². The van der Waals surface area contributed by atoms with E-state index in [1.54, 1.807) is 7.11 Å². The lowest BCUT2D eigenvalue weighted by Gasteiger charge is -2.24. The average molecular weight is 228 g/mol. The molecule has 0 unspecified atom stereocenters. The molecule has 0 saturated heterocycles. The van der Waals surface area contributed by atoms with Gasteiger partial charge in [0.2, 0.25) is 0 Å². The molecular formula is C12H18ClNO. The summed E-state index contributed by atoms with van der Waals surface area (Å²) in [5.41, 5.74) is 8.61. The van der Waals surface area contributed by atoms with E-state index >= 15 is 0 Å². The molecular weight excluding hydrogens is 210 g/mol. The fourth-order valence-electron chi connectivity index (χ4n) is 2.26. The summed E-state index contributed by atoms with van der Waals surface area (Å²) in [6, 6.07) is 6.36. The van der Waals surface area contributed by atoms with Gasteiger partial charge < -0.3 is 10.5 Å². The van der Waals surface area contributed by atoms with Crippen molar-refractivity contribution in [3.63, 3.8) is 0 Å². The molecule has 1 aliphatic carbocycles. The standard InChI is InChI=1S/C12H17NO.ClH/c1-14-11-5-6-12-9(7-11)3-2-4-10(12)8-13;/h5-7,10H,2-4,8,13H2,1H3;1H/t10-;/m1./s1. The van der Waals surface area contributed by atoms with Crippen molar-refractivity contribution in [2.75, 3.05) is 13.7 Å². The van der Waals surface area contributed by atoms with Gasteiger partial charge in [0.25, 0.3) is 0 Å². The zero-order valence-electron chi connectivity index (χ0n) is 9.03. The molecule has 2 nitrogen and oxygen atoms in total. The van der Waals surface area contributed by atoms with Crippen LogP contribution in [0.1, 0.15) is 29.9 Å². The molecule has 15 heavy (non-hydrogen) atoms. The summed E-state index contributed by atoms with van der Waals surface area (Å²) in [5.74, 6) is 1.52. The van der Waals surface area contributed by atoms with Crippen molar-refractivity contribution in [1.29, 1.82) is 0 Å². The molecule has 0 saturated carbocycles. The Morgan fingerprint density at radius 2 is 2.27 bits per heavy atom. The lowest BCUT2D eigenvalue weighted by molar-refractivity contribution is 0.413. The van der Waals surface area contributed by atoms with Crippen LogP contribution in [0.5, 0.6) is 5.75 Å². The maximum Gasteiger partial charge on any atom is 0.119 e. The van der Waals surface area contributed by atoms with E-state index in [0.29, 0.717) is 5.92 Å². The van der Waals surface area contributed by atoms with Crippen molar-refractivity contribution in [2.45, 2.75) is 25.2 Å². The van der Waals surface area contributed by atoms with E-state index in [4.69, 9.17) is 10.5 Å². The molecule has 84 valence electrons. The summed E-state index contributed by atoms with van der Waals surface area (Å²) in [7, 11) is 1.71. The predicted molar refractivity (Wildman–Crippen MR) is 65.0 cm³/mol. The Labute approximate surface area is 97.2 Å². The van der Waals surface area contributed by atoms with Crippen LogP contribution < -0.4 is 10.5 Å². The van der Waals surface area contributed by atoms with Gasteiger partial charge in [0, 0.05) is 0 Å². The molecule has 2 rings (SSSR count). The van der Waals surface area contributed by atoms with E-state index in [2.05, 4.69) is 12.1 Å². The quantitative estimate of drug-likeness (QED) is 0.843. The minimum Gasteiger partial charge on any atom is -0.497 e. The van der Waals surface area contributed by atoms with Gasteiger partial charge in [-0.2, -0.15) is 0 Å². The second-order valence-corrected chi connectivity index (χ2v) is 3.89. The van der Waals surface area contributed by atoms with Crippen molar-refractivity contribution >= 4 is 12.4 Å². The first-order valence-corrected chi connectivity index (χ1v) is 5.22. The molecule has 1 aliphatic rings. The number of aryl methyl sites for hydroxylation is 1. The van der Waals surface area contributed by atoms with Gasteiger partial charge in [-0.15, -0.1) is 12.4 Å². The van der Waals surface area contributed by atoms with Crippen LogP contribution in [-0.4, -0.2) is 13.7 Å². The fraction of sp³-hybridized carbons (Fsp3) is 0.500. The number of fused-ring (bicyclic) bond motifs is 1. The van der Waals surface area contributed by atoms with Crippen LogP contribution in [0.3, 0.4) is 0 Å². The van der Waals surface area contributed by atoms with Crippen LogP contribution in [0.2, 0.25) is 0 Å². The lowest BCUT2D eigenvalue weighted by atomic mass is 9.83. The summed E-state index contributed by atoms with van der Waals surface area (Å²) < 4.78 is 5.22. The van der Waals surface area contributed by atoms with Crippen LogP contribution in [0.25, 0.3) is 0 Å². The molecule has 0 heterocycles. The normalized spacial score (nSPS) is 18.9. The topological polar surface area (TPSA) is 35.2 Å². The Hall–Kier alpha value is -0.730. The van der Waals surface area contributed by atoms with Gasteiger partial charge >= 0.3 is 0 Å². The second-order valence-electron chi connectivity index (χ2n) is 3.89. The van der Waals surface area contributed by atoms with Gasteiger partial charge in [-0.25, -0.2) is 0 Å². The van der Waals surface area contributed by atoms with Gasteiger partial charge in [-0.3, -0.25) is 0 Å². The first-order chi connectivity index (χ1) is 6.85. The van der Waals surface area contributed by atoms with Crippen LogP contribution >= 0.6 is 12.4 Å². The van der Waals surface area contributed by atoms with E-state index < -0.39 is 0 Å². The first-order valence-electron chi connectivity index (χ1n) is 5.22. The van der Waals surface area contributed by atoms with Crippen molar-refractivity contribution in [2.24, 2.45) is 5.73 Å². The van der Waals surface area contributed by atoms with Gasteiger partial charge in [0.1, 0.15) is 5.75 Å². The fourth-order valence-corrected chi connectivity index (χ4v) is 2.26. The number of methoxy groups -OCH3 is 1. The van der Waals surface area contributed by atoms with E-state index in [-0.39, 0.29) is 12.4 Å². The minimum atomic E-state index is 0. The van der Waals surface area contributed by atoms with Gasteiger partial charge in [0.05, 0.1) is 7.11 Å². The third-order valence-corrected chi connectivity index (χ3v) is 3.07. The largest absolute Gasteiger partial charge is 0.497 e. The molecule has 0 aromatic heterocycles. The Balaban J connectivity index is 0.00000112. The predicted octanol–water partition coefficient (Wildman–Crippen LogP) is 2.50. The molecule has 1 aromatic rings. The zero-order valence-corrected chi connectivity index (χ0v) is 9.85. The number of halogens is 1. The minimum absolute atomic E-state index is 0. The lowest BCUT2D eigenvalue weighted by Crippen LogP contribution is -2.18. The smallest absolute Gasteiger partial charge is 0.119 e. The number of nitrogens with two attached hydrogens (primary N) is 1. The first kappa shape index (κ1) is 12.3. The highest BCUT2D eigenvalue weighted by Gasteiger charge is 2.18. The van der Waals surface area contributed by atoms with Gasteiger partial charge in [-0.05, 0) is 55.0 Å². The molecule has 0 spiro atoms. The molecule has 0 amide bonds. The Morgan fingerprint density at radius 1 is 1.47 bits per heavy atom. The van der Waals surface area contributed by atoms with Crippen molar-refractivity contribution in [1.82, 2.24) is 0 Å². The number of ether oxygens (including phenoxy) is 1. The third-order valence-electron chi connectivity index (χ3n) is 3.07. The molecule has 1 aromatic carbocycles. The van der Waals surface area contributed by atoms with Crippen LogP contribution in [0.4, 0.5) is 0 Å². The molecule has 0 fully saturated rings. The molecule has 0 aliphatic heterocycles. The van der Waals surface area contributed by atoms with E-state index in [1.165, 1.54) is 30.4 Å². The second kappa shape index (κ2) is 5.38. The Morgan fingerprint density at radius 3 is 2.93 bits per heavy atom. The number of rotatable bonds is 2. The van der Waals surface area contributed by atoms with Crippen molar-refractivity contribution in [3.05, 3.63) is 29.3 Å². The van der Waals surface area contributed by atoms with Crippen LogP contribution in [0.15, 0.2) is 18.2 Å². The number of benzene rings is 1. The maximum atomic E-state index is 5.76. The van der Waals surface area contributed by atoms with Gasteiger partial charge in [-0.1, -0.05) is 6.07 Å². The highest BCUT2D eigenvalue weighted by atomic mass is 35.5. The highest BCUT2D eigenvalue weighted by Crippen LogP contribution is 2.32. The maximum absolute atomic E-state index is 5.76. The Bertz CT molecular complexity index is 327. The number of hydrogen-bond donors (Lipinski definition) is 1. The van der Waals surface area contributed by atoms with E-state index in [1.807, 2.05) is 6.07 Å². The van der Waals surface area contributed by atoms with Crippen molar-refractivity contribution in [3.8, 4) is 5.75 Å². The molecule has 0 radical (unpaired) electrons. The number of hydrogen-bond acceptors (Lipinski definition) is 2. The summed E-state index contributed by atoms with van der Waals surface area (Å²) in [6.07, 6.45) is 3.65. The van der Waals surface area contributed by atoms with E-state index in [0.717, 1.165) is 12.3 Å². The summed E-state index contributed by atoms with van der Waals surface area (Å²) in [4.78, 5) is 0. The van der Waals surface area contributed by atoms with Gasteiger partial charge in [0.15, 0.2) is 0 Å². The Kier molecular flexibility index (Phi) is 4.43. The molecule has 1 atom stereocenters. The molecule has 0 bridgehead atoms.